The molecule has 0 saturated carbocycles. The van der Waals surface area contributed by atoms with Crippen LogP contribution >= 0.6 is 27.5 Å². The summed E-state index contributed by atoms with van der Waals surface area (Å²) in [4.78, 5) is 8.85. The largest absolute Gasteiger partial charge is 0.392 e. The lowest BCUT2D eigenvalue weighted by atomic mass is 10.1. The lowest BCUT2D eigenvalue weighted by Gasteiger charge is -2.08. The molecule has 0 amide bonds. The van der Waals surface area contributed by atoms with Gasteiger partial charge in [0.15, 0.2) is 0 Å². The summed E-state index contributed by atoms with van der Waals surface area (Å²) in [5, 5.41) is 10.9. The molecule has 0 unspecified atom stereocenters. The number of nitrogens with zero attached hydrogens (tertiary/aromatic N) is 2. The van der Waals surface area contributed by atoms with Crippen LogP contribution in [-0.4, -0.2) is 15.1 Å². The van der Waals surface area contributed by atoms with Crippen LogP contribution in [0.3, 0.4) is 0 Å². The smallest absolute Gasteiger partial charge is 0.0920 e. The highest BCUT2D eigenvalue weighted by Crippen LogP contribution is 2.28. The van der Waals surface area contributed by atoms with Gasteiger partial charge in [-0.2, -0.15) is 0 Å². The van der Waals surface area contributed by atoms with Crippen LogP contribution in [0, 0.1) is 0 Å². The minimum atomic E-state index is -0.0158. The summed E-state index contributed by atoms with van der Waals surface area (Å²) in [6, 6.07) is 9.67. The maximum Gasteiger partial charge on any atom is 0.0920 e. The molecule has 1 aromatic carbocycles. The summed E-state index contributed by atoms with van der Waals surface area (Å²) in [6.45, 7) is -0.0158. The van der Waals surface area contributed by atoms with Crippen LogP contribution in [0.5, 0.6) is 0 Å². The molecule has 0 spiro atoms. The molecule has 2 heterocycles. The molecule has 0 radical (unpaired) electrons. The second-order valence-electron chi connectivity index (χ2n) is 4.72. The van der Waals surface area contributed by atoms with E-state index in [1.165, 1.54) is 0 Å². The van der Waals surface area contributed by atoms with Gasteiger partial charge in [0.2, 0.25) is 0 Å². The van der Waals surface area contributed by atoms with Crippen molar-refractivity contribution in [3.8, 4) is 0 Å². The van der Waals surface area contributed by atoms with Gasteiger partial charge in [-0.15, -0.1) is 0 Å². The average molecular weight is 364 g/mol. The quantitative estimate of drug-likeness (QED) is 0.761. The molecule has 0 fully saturated rings. The van der Waals surface area contributed by atoms with E-state index in [-0.39, 0.29) is 6.61 Å². The fraction of sp³-hybridized carbons (Fsp3) is 0.125. The lowest BCUT2D eigenvalue weighted by molar-refractivity contribution is 0.281. The Morgan fingerprint density at radius 2 is 2.05 bits per heavy atom. The predicted octanol–water partition coefficient (Wildman–Crippen LogP) is 4.13. The van der Waals surface area contributed by atoms with Crippen LogP contribution in [0.15, 0.2) is 47.2 Å². The first-order valence-electron chi connectivity index (χ1n) is 6.45. The fourth-order valence-electron chi connectivity index (χ4n) is 2.25. The Balaban J connectivity index is 2.06. The van der Waals surface area contributed by atoms with E-state index in [0.29, 0.717) is 11.4 Å². The number of benzene rings is 1. The number of hydrogen-bond donors (Lipinski definition) is 1. The molecule has 0 atom stereocenters. The number of halogens is 2. The van der Waals surface area contributed by atoms with Crippen LogP contribution in [0.2, 0.25) is 5.02 Å². The zero-order chi connectivity index (χ0) is 14.8. The third kappa shape index (κ3) is 2.93. The van der Waals surface area contributed by atoms with Crippen molar-refractivity contribution in [2.24, 2.45) is 0 Å². The van der Waals surface area contributed by atoms with Gasteiger partial charge in [-0.05, 0) is 45.3 Å². The van der Waals surface area contributed by atoms with Gasteiger partial charge < -0.3 is 5.11 Å². The summed E-state index contributed by atoms with van der Waals surface area (Å²) < 4.78 is 0.873. The highest BCUT2D eigenvalue weighted by atomic mass is 79.9. The van der Waals surface area contributed by atoms with Gasteiger partial charge in [0.05, 0.1) is 22.8 Å². The van der Waals surface area contributed by atoms with Gasteiger partial charge in [0, 0.05) is 28.7 Å². The Labute approximate surface area is 135 Å². The Kier molecular flexibility index (Phi) is 4.19. The van der Waals surface area contributed by atoms with Gasteiger partial charge in [-0.25, -0.2) is 0 Å². The number of aromatic nitrogens is 2. The van der Waals surface area contributed by atoms with E-state index in [9.17, 15) is 5.11 Å². The van der Waals surface area contributed by atoms with Gasteiger partial charge in [0.25, 0.3) is 0 Å². The second kappa shape index (κ2) is 6.10. The van der Waals surface area contributed by atoms with Crippen LogP contribution in [0.1, 0.15) is 16.8 Å². The van der Waals surface area contributed by atoms with E-state index in [1.807, 2.05) is 30.3 Å². The summed E-state index contributed by atoms with van der Waals surface area (Å²) in [7, 11) is 0. The molecule has 5 heteroatoms. The van der Waals surface area contributed by atoms with E-state index in [2.05, 4.69) is 25.9 Å². The van der Waals surface area contributed by atoms with Crippen molar-refractivity contribution in [3.63, 3.8) is 0 Å². The van der Waals surface area contributed by atoms with Gasteiger partial charge in [-0.1, -0.05) is 23.7 Å². The molecule has 106 valence electrons. The first-order valence-corrected chi connectivity index (χ1v) is 7.62. The highest BCUT2D eigenvalue weighted by Gasteiger charge is 2.10. The molecular weight excluding hydrogens is 352 g/mol. The second-order valence-corrected chi connectivity index (χ2v) is 5.95. The monoisotopic (exact) mass is 362 g/mol. The van der Waals surface area contributed by atoms with E-state index in [4.69, 9.17) is 11.6 Å². The first-order chi connectivity index (χ1) is 10.2. The zero-order valence-corrected chi connectivity index (χ0v) is 13.4. The minimum Gasteiger partial charge on any atom is -0.392 e. The summed E-state index contributed by atoms with van der Waals surface area (Å²) in [6.07, 6.45) is 4.05. The SMILES string of the molecule is OCc1cnc2c(Cc3cccc(Br)c3Cl)nccc2c1. The molecule has 0 aliphatic heterocycles. The number of pyridine rings is 2. The van der Waals surface area contributed by atoms with Crippen LogP contribution < -0.4 is 0 Å². The van der Waals surface area contributed by atoms with E-state index in [1.54, 1.807) is 12.4 Å². The van der Waals surface area contributed by atoms with Crippen molar-refractivity contribution in [3.05, 3.63) is 69.0 Å². The molecule has 3 nitrogen and oxygen atoms in total. The zero-order valence-electron chi connectivity index (χ0n) is 11.1. The van der Waals surface area contributed by atoms with E-state index >= 15 is 0 Å². The van der Waals surface area contributed by atoms with Crippen molar-refractivity contribution in [1.82, 2.24) is 9.97 Å². The first kappa shape index (κ1) is 14.4. The molecule has 0 aliphatic rings. The molecule has 3 aromatic rings. The molecular formula is C16H12BrClN2O. The maximum atomic E-state index is 9.19. The van der Waals surface area contributed by atoms with Gasteiger partial charge in [-0.3, -0.25) is 9.97 Å². The van der Waals surface area contributed by atoms with Crippen molar-refractivity contribution in [1.29, 1.82) is 0 Å². The Bertz CT molecular complexity index is 807. The molecule has 21 heavy (non-hydrogen) atoms. The predicted molar refractivity (Wildman–Crippen MR) is 87.4 cm³/mol. The number of rotatable bonds is 3. The third-order valence-electron chi connectivity index (χ3n) is 3.30. The van der Waals surface area contributed by atoms with Gasteiger partial charge >= 0.3 is 0 Å². The Morgan fingerprint density at radius 3 is 2.86 bits per heavy atom. The van der Waals surface area contributed by atoms with Crippen LogP contribution in [0.4, 0.5) is 0 Å². The number of aliphatic hydroxyl groups is 1. The van der Waals surface area contributed by atoms with Crippen molar-refractivity contribution in [2.75, 3.05) is 0 Å². The average Bonchev–Trinajstić information content (AvgIpc) is 2.51. The Hall–Kier alpha value is -1.49. The number of aliphatic hydroxyl groups excluding tert-OH is 1. The summed E-state index contributed by atoms with van der Waals surface area (Å²) in [5.41, 5.74) is 3.50. The highest BCUT2D eigenvalue weighted by molar-refractivity contribution is 9.10. The van der Waals surface area contributed by atoms with Crippen molar-refractivity contribution < 1.29 is 5.11 Å². The van der Waals surface area contributed by atoms with Gasteiger partial charge in [0.1, 0.15) is 0 Å². The topological polar surface area (TPSA) is 46.0 Å². The van der Waals surface area contributed by atoms with Crippen molar-refractivity contribution >= 4 is 38.4 Å². The number of hydrogen-bond acceptors (Lipinski definition) is 3. The lowest BCUT2D eigenvalue weighted by Crippen LogP contribution is -1.97. The molecule has 0 saturated heterocycles. The summed E-state index contributed by atoms with van der Waals surface area (Å²) >= 11 is 9.75. The minimum absolute atomic E-state index is 0.0158. The van der Waals surface area contributed by atoms with Crippen LogP contribution in [0.25, 0.3) is 10.9 Å². The van der Waals surface area contributed by atoms with E-state index < -0.39 is 0 Å². The van der Waals surface area contributed by atoms with Crippen molar-refractivity contribution in [2.45, 2.75) is 13.0 Å². The maximum absolute atomic E-state index is 9.19. The molecule has 2 aromatic heterocycles. The molecule has 3 rings (SSSR count). The third-order valence-corrected chi connectivity index (χ3v) is 4.64. The molecule has 0 aliphatic carbocycles. The van der Waals surface area contributed by atoms with E-state index in [0.717, 1.165) is 32.2 Å². The van der Waals surface area contributed by atoms with Crippen LogP contribution in [-0.2, 0) is 13.0 Å². The molecule has 1 N–H and O–H groups in total. The summed E-state index contributed by atoms with van der Waals surface area (Å²) in [5.74, 6) is 0. The molecule has 0 bridgehead atoms. The Morgan fingerprint density at radius 1 is 1.19 bits per heavy atom. The standard InChI is InChI=1S/C16H12BrClN2O/c17-13-3-1-2-11(15(13)18)7-14-16-12(4-5-19-14)6-10(9-21)8-20-16/h1-6,8,21H,7,9H2. The fourth-order valence-corrected chi connectivity index (χ4v) is 2.85. The normalized spacial score (nSPS) is 11.0. The number of fused-ring (bicyclic) bond motifs is 1.